The highest BCUT2D eigenvalue weighted by molar-refractivity contribution is 5.99. The highest BCUT2D eigenvalue weighted by Crippen LogP contribution is 2.45. The van der Waals surface area contributed by atoms with Gasteiger partial charge in [0.25, 0.3) is 5.56 Å². The first-order valence-electron chi connectivity index (χ1n) is 16.1. The summed E-state index contributed by atoms with van der Waals surface area (Å²) in [5, 5.41) is 12.2. The number of ether oxygens (including phenoxy) is 1. The van der Waals surface area contributed by atoms with Gasteiger partial charge in [0.1, 0.15) is 17.5 Å². The molecule has 6 nitrogen and oxygen atoms in total. The first-order valence-corrected chi connectivity index (χ1v) is 16.1. The topological polar surface area (TPSA) is 67.6 Å². The molecule has 3 atom stereocenters. The van der Waals surface area contributed by atoms with Gasteiger partial charge in [-0.3, -0.25) is 9.36 Å². The quantitative estimate of drug-likeness (QED) is 0.122. The van der Waals surface area contributed by atoms with Crippen LogP contribution < -0.4 is 5.56 Å². The van der Waals surface area contributed by atoms with Crippen LogP contribution in [-0.2, 0) is 10.2 Å². The molecule has 47 heavy (non-hydrogen) atoms. The molecule has 4 aromatic rings. The molecule has 7 heteroatoms. The summed E-state index contributed by atoms with van der Waals surface area (Å²) in [6.07, 6.45) is 12.3. The van der Waals surface area contributed by atoms with Crippen molar-refractivity contribution in [2.45, 2.75) is 44.6 Å². The van der Waals surface area contributed by atoms with E-state index in [1.807, 2.05) is 79.7 Å². The molecular formula is C40H40FN3O3. The van der Waals surface area contributed by atoms with Crippen LogP contribution in [0.25, 0.3) is 27.8 Å². The molecule has 3 unspecified atom stereocenters. The van der Waals surface area contributed by atoms with E-state index in [1.54, 1.807) is 22.8 Å². The number of allylic oxidation sites excluding steroid dienone is 3. The normalized spacial score (nSPS) is 20.0. The van der Waals surface area contributed by atoms with E-state index in [2.05, 4.69) is 24.3 Å². The third-order valence-electron chi connectivity index (χ3n) is 9.53. The van der Waals surface area contributed by atoms with Crippen molar-refractivity contribution >= 4 is 11.0 Å². The standard InChI is InChI=1S/C40H40FN3O3/c1-5-23-47-39(46)37-33(6-2)42-38-36(35(37)28-13-9-7-10-14-28)31(25-34(45)44(38)30-15-11-8-12-16-30)40(4)19-21-43(22-20-40)26-29-24-27(3)17-18-32(29)41/h2,5,7-18,24-25,29,32,39,46H,1,19-23,26H2,3-4H3. The molecular weight excluding hydrogens is 589 g/mol. The van der Waals surface area contributed by atoms with E-state index in [9.17, 15) is 14.3 Å². The van der Waals surface area contributed by atoms with Crippen LogP contribution in [0.4, 0.5) is 4.39 Å². The number of para-hydroxylation sites is 1. The fourth-order valence-corrected chi connectivity index (χ4v) is 6.99. The van der Waals surface area contributed by atoms with Gasteiger partial charge in [-0.2, -0.15) is 0 Å². The molecule has 2 aliphatic rings. The summed E-state index contributed by atoms with van der Waals surface area (Å²) in [6, 6.07) is 20.8. The van der Waals surface area contributed by atoms with Gasteiger partial charge in [-0.25, -0.2) is 9.37 Å². The molecule has 1 fully saturated rings. The Morgan fingerprint density at radius 2 is 1.85 bits per heavy atom. The summed E-state index contributed by atoms with van der Waals surface area (Å²) in [7, 11) is 0. The van der Waals surface area contributed by atoms with Crippen LogP contribution in [0.1, 0.15) is 49.8 Å². The highest BCUT2D eigenvalue weighted by atomic mass is 19.1. The van der Waals surface area contributed by atoms with Crippen LogP contribution in [0.2, 0.25) is 0 Å². The van der Waals surface area contributed by atoms with Gasteiger partial charge in [0.05, 0.1) is 17.9 Å². The Bertz CT molecular complexity index is 1930. The molecule has 6 rings (SSSR count). The van der Waals surface area contributed by atoms with Gasteiger partial charge < -0.3 is 14.7 Å². The predicted molar refractivity (Wildman–Crippen MR) is 186 cm³/mol. The number of terminal acetylenes is 1. The first kappa shape index (κ1) is 32.3. The van der Waals surface area contributed by atoms with Crippen LogP contribution in [0.3, 0.4) is 0 Å². The number of rotatable bonds is 9. The van der Waals surface area contributed by atoms with E-state index in [1.165, 1.54) is 0 Å². The second-order valence-corrected chi connectivity index (χ2v) is 12.7. The van der Waals surface area contributed by atoms with Crippen molar-refractivity contribution in [1.82, 2.24) is 14.5 Å². The Hall–Kier alpha value is -4.61. The van der Waals surface area contributed by atoms with Crippen molar-refractivity contribution in [3.05, 3.63) is 130 Å². The minimum absolute atomic E-state index is 0.104. The van der Waals surface area contributed by atoms with E-state index in [0.717, 1.165) is 48.0 Å². The summed E-state index contributed by atoms with van der Waals surface area (Å²) < 4.78 is 22.2. The Morgan fingerprint density at radius 3 is 2.51 bits per heavy atom. The number of aliphatic hydroxyl groups excluding tert-OH is 1. The van der Waals surface area contributed by atoms with E-state index >= 15 is 0 Å². The van der Waals surface area contributed by atoms with Crippen molar-refractivity contribution in [2.75, 3.05) is 26.2 Å². The van der Waals surface area contributed by atoms with Gasteiger partial charge in [0.15, 0.2) is 6.29 Å². The minimum atomic E-state index is -1.39. The summed E-state index contributed by atoms with van der Waals surface area (Å²) in [5.41, 5.74) is 4.42. The lowest BCUT2D eigenvalue weighted by atomic mass is 9.72. The van der Waals surface area contributed by atoms with Crippen molar-refractivity contribution in [3.63, 3.8) is 0 Å². The van der Waals surface area contributed by atoms with Crippen molar-refractivity contribution < 1.29 is 14.2 Å². The van der Waals surface area contributed by atoms with E-state index in [-0.39, 0.29) is 23.8 Å². The van der Waals surface area contributed by atoms with Gasteiger partial charge in [-0.1, -0.05) is 79.3 Å². The highest BCUT2D eigenvalue weighted by Gasteiger charge is 2.37. The lowest BCUT2D eigenvalue weighted by molar-refractivity contribution is -0.0919. The lowest BCUT2D eigenvalue weighted by Gasteiger charge is -2.42. The number of aliphatic hydroxyl groups is 1. The molecule has 1 aliphatic carbocycles. The third-order valence-corrected chi connectivity index (χ3v) is 9.53. The van der Waals surface area contributed by atoms with Gasteiger partial charge in [0, 0.05) is 29.5 Å². The van der Waals surface area contributed by atoms with Crippen LogP contribution in [0.15, 0.2) is 108 Å². The van der Waals surface area contributed by atoms with Gasteiger partial charge in [0.2, 0.25) is 0 Å². The number of fused-ring (bicyclic) bond motifs is 1. The second kappa shape index (κ2) is 13.6. The fraction of sp³-hybridized carbons (Fsp3) is 0.300. The number of piperidine rings is 1. The molecule has 3 heterocycles. The number of pyridine rings is 2. The number of hydrogen-bond acceptors (Lipinski definition) is 5. The molecule has 1 N–H and O–H groups in total. The second-order valence-electron chi connectivity index (χ2n) is 12.7. The number of alkyl halides is 1. The molecule has 2 aromatic heterocycles. The number of nitrogens with zero attached hydrogens (tertiary/aromatic N) is 3. The van der Waals surface area contributed by atoms with Crippen LogP contribution >= 0.6 is 0 Å². The molecule has 240 valence electrons. The molecule has 0 spiro atoms. The average molecular weight is 630 g/mol. The molecule has 0 radical (unpaired) electrons. The lowest BCUT2D eigenvalue weighted by Crippen LogP contribution is -2.44. The Balaban J connectivity index is 1.56. The smallest absolute Gasteiger partial charge is 0.257 e. The number of likely N-dealkylation sites (tertiary alicyclic amines) is 1. The van der Waals surface area contributed by atoms with Gasteiger partial charge in [-0.15, -0.1) is 13.0 Å². The maximum Gasteiger partial charge on any atom is 0.257 e. The van der Waals surface area contributed by atoms with Gasteiger partial charge in [-0.05, 0) is 73.5 Å². The SMILES string of the molecule is C#Cc1nc2c(c(C3(C)CCN(CC4C=C(C)C=CC4F)CC3)cc(=O)n2-c2ccccc2)c(-c2ccccc2)c1C(O)OCC=C. The molecule has 0 amide bonds. The summed E-state index contributed by atoms with van der Waals surface area (Å²) in [4.78, 5) is 21.4. The number of halogens is 1. The van der Waals surface area contributed by atoms with Crippen LogP contribution in [0.5, 0.6) is 0 Å². The van der Waals surface area contributed by atoms with E-state index in [0.29, 0.717) is 29.0 Å². The Morgan fingerprint density at radius 1 is 1.17 bits per heavy atom. The third kappa shape index (κ3) is 6.37. The van der Waals surface area contributed by atoms with E-state index < -0.39 is 17.9 Å². The van der Waals surface area contributed by atoms with Crippen LogP contribution in [0, 0.1) is 18.3 Å². The fourth-order valence-electron chi connectivity index (χ4n) is 6.99. The molecule has 1 aliphatic heterocycles. The van der Waals surface area contributed by atoms with Crippen molar-refractivity contribution in [1.29, 1.82) is 0 Å². The Labute approximate surface area is 275 Å². The van der Waals surface area contributed by atoms with Crippen molar-refractivity contribution in [3.8, 4) is 29.2 Å². The summed E-state index contributed by atoms with van der Waals surface area (Å²) in [5.74, 6) is 2.49. The van der Waals surface area contributed by atoms with E-state index in [4.69, 9.17) is 16.1 Å². The predicted octanol–water partition coefficient (Wildman–Crippen LogP) is 7.05. The maximum atomic E-state index is 14.8. The monoisotopic (exact) mass is 629 g/mol. The Kier molecular flexibility index (Phi) is 9.38. The zero-order chi connectivity index (χ0) is 33.1. The summed E-state index contributed by atoms with van der Waals surface area (Å²) in [6.45, 7) is 10.1. The number of hydrogen-bond donors (Lipinski definition) is 1. The van der Waals surface area contributed by atoms with Gasteiger partial charge >= 0.3 is 0 Å². The zero-order valence-electron chi connectivity index (χ0n) is 26.9. The first-order chi connectivity index (χ1) is 22.7. The van der Waals surface area contributed by atoms with Crippen LogP contribution in [-0.4, -0.2) is 52.0 Å². The maximum absolute atomic E-state index is 14.8. The van der Waals surface area contributed by atoms with Crippen molar-refractivity contribution in [2.24, 2.45) is 5.92 Å². The number of benzene rings is 2. The molecule has 1 saturated heterocycles. The largest absolute Gasteiger partial charge is 0.364 e. The molecule has 0 bridgehead atoms. The summed E-state index contributed by atoms with van der Waals surface area (Å²) >= 11 is 0. The molecule has 0 saturated carbocycles. The zero-order valence-corrected chi connectivity index (χ0v) is 26.9. The molecule has 2 aromatic carbocycles. The average Bonchev–Trinajstić information content (AvgIpc) is 3.09. The number of aromatic nitrogens is 2. The minimum Gasteiger partial charge on any atom is -0.364 e.